The largest absolute Gasteiger partial charge is 0.378 e. The van der Waals surface area contributed by atoms with Gasteiger partial charge in [-0.15, -0.1) is 10.2 Å². The number of hydrogen-bond acceptors (Lipinski definition) is 6. The van der Waals surface area contributed by atoms with Crippen molar-refractivity contribution in [2.75, 3.05) is 24.3 Å². The van der Waals surface area contributed by atoms with Crippen LogP contribution in [0.2, 0.25) is 0 Å². The molecule has 0 spiro atoms. The van der Waals surface area contributed by atoms with Crippen LogP contribution < -0.4 is 15.5 Å². The maximum atomic E-state index is 13.1. The van der Waals surface area contributed by atoms with Gasteiger partial charge in [-0.05, 0) is 47.9 Å². The summed E-state index contributed by atoms with van der Waals surface area (Å²) in [6.45, 7) is 3.86. The summed E-state index contributed by atoms with van der Waals surface area (Å²) in [6, 6.07) is 12.9. The van der Waals surface area contributed by atoms with Gasteiger partial charge in [-0.1, -0.05) is 43.7 Å². The van der Waals surface area contributed by atoms with E-state index >= 15 is 0 Å². The lowest BCUT2D eigenvalue weighted by molar-refractivity contribution is -0.127. The number of carbonyl (C=O) groups excluding carboxylic acids is 2. The van der Waals surface area contributed by atoms with Gasteiger partial charge in [-0.3, -0.25) is 14.9 Å². The Hall–Kier alpha value is -3.33. The summed E-state index contributed by atoms with van der Waals surface area (Å²) in [5.74, 6) is -1.10. The molecule has 9 heteroatoms. The molecule has 0 bridgehead atoms. The smallest absolute Gasteiger partial charge is 0.249 e. The molecule has 33 heavy (non-hydrogen) atoms. The first-order valence-corrected chi connectivity index (χ1v) is 11.5. The Kier molecular flexibility index (Phi) is 8.11. The zero-order valence-corrected chi connectivity index (χ0v) is 19.9. The van der Waals surface area contributed by atoms with E-state index < -0.39 is 6.04 Å². The molecule has 0 radical (unpaired) electrons. The normalized spacial score (nSPS) is 12.6. The maximum absolute atomic E-state index is 13.1. The van der Waals surface area contributed by atoms with E-state index in [1.807, 2.05) is 57.1 Å². The molecule has 2 amide bonds. The molecule has 174 valence electrons. The lowest BCUT2D eigenvalue weighted by Crippen LogP contribution is -2.48. The van der Waals surface area contributed by atoms with Gasteiger partial charge in [0, 0.05) is 25.3 Å². The topological polar surface area (TPSA) is 87.2 Å². The van der Waals surface area contributed by atoms with Crippen molar-refractivity contribution in [3.63, 3.8) is 0 Å². The van der Waals surface area contributed by atoms with Crippen LogP contribution in [0.25, 0.3) is 10.6 Å². The molecule has 1 heterocycles. The van der Waals surface area contributed by atoms with E-state index in [0.29, 0.717) is 22.1 Å². The molecule has 0 aliphatic carbocycles. The van der Waals surface area contributed by atoms with Gasteiger partial charge in [0.2, 0.25) is 16.9 Å². The van der Waals surface area contributed by atoms with Crippen molar-refractivity contribution in [2.24, 2.45) is 5.92 Å². The van der Waals surface area contributed by atoms with Crippen molar-refractivity contribution < 1.29 is 14.0 Å². The fourth-order valence-corrected chi connectivity index (χ4v) is 3.94. The Balaban J connectivity index is 1.66. The van der Waals surface area contributed by atoms with E-state index in [4.69, 9.17) is 0 Å². The molecule has 2 N–H and O–H groups in total. The van der Waals surface area contributed by atoms with Gasteiger partial charge in [0.05, 0.1) is 6.42 Å². The maximum Gasteiger partial charge on any atom is 0.249 e. The highest BCUT2D eigenvalue weighted by atomic mass is 32.1. The summed E-state index contributed by atoms with van der Waals surface area (Å²) < 4.78 is 13.1. The number of anilines is 2. The summed E-state index contributed by atoms with van der Waals surface area (Å²) in [7, 11) is 3.94. The first-order chi connectivity index (χ1) is 15.8. The van der Waals surface area contributed by atoms with E-state index in [-0.39, 0.29) is 30.0 Å². The van der Waals surface area contributed by atoms with Gasteiger partial charge < -0.3 is 10.2 Å². The molecule has 2 unspecified atom stereocenters. The van der Waals surface area contributed by atoms with E-state index in [1.54, 1.807) is 12.1 Å². The van der Waals surface area contributed by atoms with E-state index in [1.165, 1.54) is 23.5 Å². The molecular weight excluding hydrogens is 441 g/mol. The van der Waals surface area contributed by atoms with Crippen LogP contribution in [0.15, 0.2) is 48.5 Å². The van der Waals surface area contributed by atoms with Crippen LogP contribution in [0, 0.1) is 11.7 Å². The van der Waals surface area contributed by atoms with Crippen molar-refractivity contribution in [1.29, 1.82) is 0 Å². The number of aromatic nitrogens is 2. The quantitative estimate of drug-likeness (QED) is 0.492. The Morgan fingerprint density at radius 1 is 1.06 bits per heavy atom. The van der Waals surface area contributed by atoms with Crippen molar-refractivity contribution in [1.82, 2.24) is 15.5 Å². The molecule has 0 saturated heterocycles. The van der Waals surface area contributed by atoms with Crippen LogP contribution >= 0.6 is 11.3 Å². The minimum atomic E-state index is -0.727. The van der Waals surface area contributed by atoms with Crippen molar-refractivity contribution in [2.45, 2.75) is 32.7 Å². The zero-order valence-electron chi connectivity index (χ0n) is 19.1. The van der Waals surface area contributed by atoms with Gasteiger partial charge in [0.15, 0.2) is 0 Å². The van der Waals surface area contributed by atoms with Crippen LogP contribution in [0.4, 0.5) is 15.2 Å². The van der Waals surface area contributed by atoms with Crippen LogP contribution in [-0.4, -0.2) is 42.1 Å². The average Bonchev–Trinajstić information content (AvgIpc) is 3.27. The van der Waals surface area contributed by atoms with Gasteiger partial charge in [-0.25, -0.2) is 4.39 Å². The molecule has 0 aliphatic heterocycles. The van der Waals surface area contributed by atoms with Crippen molar-refractivity contribution >= 4 is 34.0 Å². The standard InChI is InChI=1S/C24H28FN5O2S/c1-5-15(2)21(26-20(31)14-16-6-10-18(25)11-7-16)22(32)27-24-29-28-23(33-24)17-8-12-19(13-9-17)30(3)4/h6-13,15,21H,5,14H2,1-4H3,(H,26,31)(H,27,29,32). The predicted octanol–water partition coefficient (Wildman–Crippen LogP) is 4.12. The van der Waals surface area contributed by atoms with Gasteiger partial charge in [-0.2, -0.15) is 0 Å². The van der Waals surface area contributed by atoms with Crippen LogP contribution in [0.1, 0.15) is 25.8 Å². The Labute approximate surface area is 197 Å². The number of carbonyl (C=O) groups is 2. The summed E-state index contributed by atoms with van der Waals surface area (Å²) in [5.41, 5.74) is 2.65. The molecule has 1 aromatic heterocycles. The molecule has 3 rings (SSSR count). The third-order valence-electron chi connectivity index (χ3n) is 5.38. The number of rotatable bonds is 9. The number of halogens is 1. The second-order valence-electron chi connectivity index (χ2n) is 8.08. The van der Waals surface area contributed by atoms with Gasteiger partial charge in [0.25, 0.3) is 0 Å². The highest BCUT2D eigenvalue weighted by Gasteiger charge is 2.27. The number of amides is 2. The monoisotopic (exact) mass is 469 g/mol. The van der Waals surface area contributed by atoms with Crippen LogP contribution in [0.3, 0.4) is 0 Å². The molecule has 0 fully saturated rings. The molecule has 0 aliphatic rings. The summed E-state index contributed by atoms with van der Waals surface area (Å²) in [4.78, 5) is 27.5. The number of hydrogen-bond donors (Lipinski definition) is 2. The van der Waals surface area contributed by atoms with E-state index in [0.717, 1.165) is 11.3 Å². The van der Waals surface area contributed by atoms with Crippen molar-refractivity contribution in [3.05, 3.63) is 59.9 Å². The third-order valence-corrected chi connectivity index (χ3v) is 6.26. The summed E-state index contributed by atoms with van der Waals surface area (Å²) >= 11 is 1.27. The summed E-state index contributed by atoms with van der Waals surface area (Å²) in [6.07, 6.45) is 0.765. The Morgan fingerprint density at radius 2 is 1.73 bits per heavy atom. The minimum Gasteiger partial charge on any atom is -0.378 e. The zero-order chi connectivity index (χ0) is 24.0. The van der Waals surface area contributed by atoms with Crippen molar-refractivity contribution in [3.8, 4) is 10.6 Å². The number of nitrogens with zero attached hydrogens (tertiary/aromatic N) is 3. The minimum absolute atomic E-state index is 0.0619. The van der Waals surface area contributed by atoms with E-state index in [9.17, 15) is 14.0 Å². The predicted molar refractivity (Wildman–Crippen MR) is 130 cm³/mol. The Morgan fingerprint density at radius 3 is 2.33 bits per heavy atom. The average molecular weight is 470 g/mol. The Bertz CT molecular complexity index is 1080. The molecule has 2 atom stereocenters. The highest BCUT2D eigenvalue weighted by Crippen LogP contribution is 2.28. The van der Waals surface area contributed by atoms with Gasteiger partial charge in [0.1, 0.15) is 16.9 Å². The molecule has 0 saturated carbocycles. The number of benzene rings is 2. The third kappa shape index (κ3) is 6.58. The van der Waals surface area contributed by atoms with Crippen LogP contribution in [-0.2, 0) is 16.0 Å². The first-order valence-electron chi connectivity index (χ1n) is 10.7. The molecule has 2 aromatic carbocycles. The van der Waals surface area contributed by atoms with Crippen LogP contribution in [0.5, 0.6) is 0 Å². The first kappa shape index (κ1) is 24.3. The van der Waals surface area contributed by atoms with E-state index in [2.05, 4.69) is 20.8 Å². The number of nitrogens with one attached hydrogen (secondary N) is 2. The summed E-state index contributed by atoms with van der Waals surface area (Å²) in [5, 5.41) is 14.9. The second kappa shape index (κ2) is 11.0. The fraction of sp³-hybridized carbons (Fsp3) is 0.333. The molecule has 7 nitrogen and oxygen atoms in total. The molecular formula is C24H28FN5O2S. The molecule has 3 aromatic rings. The fourth-order valence-electron chi connectivity index (χ4n) is 3.19. The second-order valence-corrected chi connectivity index (χ2v) is 9.05. The lowest BCUT2D eigenvalue weighted by atomic mass is 9.98. The van der Waals surface area contributed by atoms with Gasteiger partial charge >= 0.3 is 0 Å². The lowest BCUT2D eigenvalue weighted by Gasteiger charge is -2.23. The SMILES string of the molecule is CCC(C)C(NC(=O)Cc1ccc(F)cc1)C(=O)Nc1nnc(-c2ccc(N(C)C)cc2)s1. The highest BCUT2D eigenvalue weighted by molar-refractivity contribution is 7.18.